The molecular weight excluding hydrogens is 204 g/mol. The summed E-state index contributed by atoms with van der Waals surface area (Å²) in [6, 6.07) is 0. The summed E-state index contributed by atoms with van der Waals surface area (Å²) in [5.74, 6) is -0.408. The molecule has 14 heavy (non-hydrogen) atoms. The van der Waals surface area contributed by atoms with Gasteiger partial charge in [0.15, 0.2) is 0 Å². The lowest BCUT2D eigenvalue weighted by atomic mass is 10.3. The Morgan fingerprint density at radius 2 is 2.21 bits per heavy atom. The van der Waals surface area contributed by atoms with Gasteiger partial charge in [0.1, 0.15) is 10.7 Å². The summed E-state index contributed by atoms with van der Waals surface area (Å²) in [4.78, 5) is 11.5. The van der Waals surface area contributed by atoms with Crippen LogP contribution in [-0.4, -0.2) is 22.4 Å². The highest BCUT2D eigenvalue weighted by Gasteiger charge is 2.20. The number of carbonyl (C=O) groups is 1. The van der Waals surface area contributed by atoms with E-state index in [4.69, 9.17) is 16.3 Å². The van der Waals surface area contributed by atoms with E-state index in [0.717, 1.165) is 0 Å². The zero-order chi connectivity index (χ0) is 10.7. The largest absolute Gasteiger partial charge is 0.462 e. The fourth-order valence-electron chi connectivity index (χ4n) is 1.20. The SMILES string of the molecule is CCOC(=O)c1c(C)nn(CC)c1Cl. The molecule has 0 aliphatic rings. The molecule has 0 amide bonds. The number of aryl methyl sites for hydroxylation is 2. The number of rotatable bonds is 3. The number of ether oxygens (including phenoxy) is 1. The van der Waals surface area contributed by atoms with Crippen LogP contribution in [0, 0.1) is 6.92 Å². The van der Waals surface area contributed by atoms with E-state index in [1.54, 1.807) is 18.5 Å². The first kappa shape index (κ1) is 11.0. The first-order valence-corrected chi connectivity index (χ1v) is 4.89. The Bertz CT molecular complexity index is 347. The van der Waals surface area contributed by atoms with E-state index < -0.39 is 5.97 Å². The molecule has 1 aromatic rings. The summed E-state index contributed by atoms with van der Waals surface area (Å²) in [6.07, 6.45) is 0. The number of halogens is 1. The van der Waals surface area contributed by atoms with Gasteiger partial charge in [-0.25, -0.2) is 4.79 Å². The van der Waals surface area contributed by atoms with Gasteiger partial charge in [0.05, 0.1) is 12.3 Å². The second-order valence-electron chi connectivity index (χ2n) is 2.79. The predicted molar refractivity (Wildman–Crippen MR) is 53.6 cm³/mol. The highest BCUT2D eigenvalue weighted by Crippen LogP contribution is 2.20. The second-order valence-corrected chi connectivity index (χ2v) is 3.15. The molecule has 0 fully saturated rings. The van der Waals surface area contributed by atoms with Crippen LogP contribution in [0.3, 0.4) is 0 Å². The zero-order valence-electron chi connectivity index (χ0n) is 8.50. The van der Waals surface area contributed by atoms with Crippen LogP contribution in [0.2, 0.25) is 5.15 Å². The second kappa shape index (κ2) is 4.46. The average molecular weight is 217 g/mol. The summed E-state index contributed by atoms with van der Waals surface area (Å²) in [5, 5.41) is 4.47. The van der Waals surface area contributed by atoms with Crippen molar-refractivity contribution < 1.29 is 9.53 Å². The monoisotopic (exact) mass is 216 g/mol. The Labute approximate surface area is 87.8 Å². The molecule has 0 spiro atoms. The van der Waals surface area contributed by atoms with Crippen LogP contribution in [-0.2, 0) is 11.3 Å². The van der Waals surface area contributed by atoms with Crippen LogP contribution in [0.5, 0.6) is 0 Å². The molecule has 1 aromatic heterocycles. The third-order valence-electron chi connectivity index (χ3n) is 1.84. The molecule has 0 aliphatic heterocycles. The maximum absolute atomic E-state index is 11.5. The van der Waals surface area contributed by atoms with Gasteiger partial charge in [-0.3, -0.25) is 4.68 Å². The third-order valence-corrected chi connectivity index (χ3v) is 2.23. The maximum atomic E-state index is 11.5. The molecule has 0 saturated carbocycles. The van der Waals surface area contributed by atoms with Crippen LogP contribution in [0.4, 0.5) is 0 Å². The number of esters is 1. The van der Waals surface area contributed by atoms with Crippen LogP contribution < -0.4 is 0 Å². The molecule has 78 valence electrons. The fourth-order valence-corrected chi connectivity index (χ4v) is 1.57. The molecule has 0 saturated heterocycles. The summed E-state index contributed by atoms with van der Waals surface area (Å²) in [6.45, 7) is 6.38. The topological polar surface area (TPSA) is 44.1 Å². The molecular formula is C9H13ClN2O2. The molecule has 0 aliphatic carbocycles. The fraction of sp³-hybridized carbons (Fsp3) is 0.556. The third kappa shape index (κ3) is 1.90. The highest BCUT2D eigenvalue weighted by atomic mass is 35.5. The summed E-state index contributed by atoms with van der Waals surface area (Å²) < 4.78 is 6.44. The van der Waals surface area contributed by atoms with E-state index in [-0.39, 0.29) is 0 Å². The van der Waals surface area contributed by atoms with Crippen LogP contribution >= 0.6 is 11.6 Å². The van der Waals surface area contributed by atoms with Gasteiger partial charge in [-0.15, -0.1) is 0 Å². The van der Waals surface area contributed by atoms with Crippen molar-refractivity contribution in [3.8, 4) is 0 Å². The molecule has 0 bridgehead atoms. The Morgan fingerprint density at radius 3 is 2.64 bits per heavy atom. The van der Waals surface area contributed by atoms with Gasteiger partial charge in [0, 0.05) is 6.54 Å². The Balaban J connectivity index is 3.07. The van der Waals surface area contributed by atoms with E-state index in [1.165, 1.54) is 0 Å². The van der Waals surface area contributed by atoms with Crippen LogP contribution in [0.15, 0.2) is 0 Å². The van der Waals surface area contributed by atoms with Crippen LogP contribution in [0.1, 0.15) is 29.9 Å². The lowest BCUT2D eigenvalue weighted by Crippen LogP contribution is -2.06. The van der Waals surface area contributed by atoms with Gasteiger partial charge in [0.2, 0.25) is 0 Å². The summed E-state index contributed by atoms with van der Waals surface area (Å²) in [5.41, 5.74) is 0.977. The quantitative estimate of drug-likeness (QED) is 0.727. The minimum Gasteiger partial charge on any atom is -0.462 e. The number of aromatic nitrogens is 2. The number of hydrogen-bond donors (Lipinski definition) is 0. The number of hydrogen-bond acceptors (Lipinski definition) is 3. The van der Waals surface area contributed by atoms with Gasteiger partial charge in [-0.1, -0.05) is 11.6 Å². The highest BCUT2D eigenvalue weighted by molar-refractivity contribution is 6.32. The Hall–Kier alpha value is -1.03. The first-order valence-electron chi connectivity index (χ1n) is 4.51. The van der Waals surface area contributed by atoms with E-state index in [1.807, 2.05) is 6.92 Å². The predicted octanol–water partition coefficient (Wildman–Crippen LogP) is 2.04. The van der Waals surface area contributed by atoms with Gasteiger partial charge >= 0.3 is 5.97 Å². The normalized spacial score (nSPS) is 10.3. The molecule has 0 N–H and O–H groups in total. The lowest BCUT2D eigenvalue weighted by Gasteiger charge is -2.00. The lowest BCUT2D eigenvalue weighted by molar-refractivity contribution is 0.0525. The van der Waals surface area contributed by atoms with Crippen molar-refractivity contribution in [2.45, 2.75) is 27.3 Å². The Morgan fingerprint density at radius 1 is 1.57 bits per heavy atom. The molecule has 4 nitrogen and oxygen atoms in total. The van der Waals surface area contributed by atoms with Crippen molar-refractivity contribution in [1.29, 1.82) is 0 Å². The van der Waals surface area contributed by atoms with E-state index in [2.05, 4.69) is 5.10 Å². The van der Waals surface area contributed by atoms with Crippen molar-refractivity contribution >= 4 is 17.6 Å². The smallest absolute Gasteiger partial charge is 0.343 e. The molecule has 1 heterocycles. The minimum atomic E-state index is -0.408. The standard InChI is InChI=1S/C9H13ClN2O2/c1-4-12-8(10)7(6(3)11-12)9(13)14-5-2/h4-5H2,1-3H3. The molecule has 5 heteroatoms. The van der Waals surface area contributed by atoms with Crippen molar-refractivity contribution in [2.75, 3.05) is 6.61 Å². The van der Waals surface area contributed by atoms with E-state index >= 15 is 0 Å². The van der Waals surface area contributed by atoms with Crippen molar-refractivity contribution in [2.24, 2.45) is 0 Å². The van der Waals surface area contributed by atoms with Crippen LogP contribution in [0.25, 0.3) is 0 Å². The first-order chi connectivity index (χ1) is 6.61. The van der Waals surface area contributed by atoms with E-state index in [9.17, 15) is 4.79 Å². The summed E-state index contributed by atoms with van der Waals surface area (Å²) >= 11 is 5.96. The molecule has 0 aromatic carbocycles. The number of nitrogens with zero attached hydrogens (tertiary/aromatic N) is 2. The summed E-state index contributed by atoms with van der Waals surface area (Å²) in [7, 11) is 0. The van der Waals surface area contributed by atoms with Gasteiger partial charge in [0.25, 0.3) is 0 Å². The van der Waals surface area contributed by atoms with Gasteiger partial charge in [-0.2, -0.15) is 5.10 Å². The molecule has 0 radical (unpaired) electrons. The maximum Gasteiger partial charge on any atom is 0.343 e. The molecule has 0 unspecified atom stereocenters. The molecule has 0 atom stereocenters. The average Bonchev–Trinajstić information content (AvgIpc) is 2.41. The van der Waals surface area contributed by atoms with Crippen molar-refractivity contribution in [1.82, 2.24) is 9.78 Å². The minimum absolute atomic E-state index is 0.339. The zero-order valence-corrected chi connectivity index (χ0v) is 9.26. The van der Waals surface area contributed by atoms with Crippen molar-refractivity contribution in [3.05, 3.63) is 16.4 Å². The van der Waals surface area contributed by atoms with Crippen molar-refractivity contribution in [3.63, 3.8) is 0 Å². The molecule has 1 rings (SSSR count). The van der Waals surface area contributed by atoms with Gasteiger partial charge < -0.3 is 4.74 Å². The van der Waals surface area contributed by atoms with Gasteiger partial charge in [-0.05, 0) is 20.8 Å². The van der Waals surface area contributed by atoms with E-state index in [0.29, 0.717) is 29.6 Å². The number of carbonyl (C=O) groups excluding carboxylic acids is 1. The Kier molecular flexibility index (Phi) is 3.52.